The Morgan fingerprint density at radius 2 is 0.505 bits per heavy atom. The molecule has 0 aliphatic carbocycles. The van der Waals surface area contributed by atoms with Crippen LogP contribution in [0, 0.1) is 5.92 Å². The van der Waals surface area contributed by atoms with Gasteiger partial charge in [0.2, 0.25) is 0 Å². The molecule has 0 aliphatic heterocycles. The molecule has 0 aliphatic rings. The van der Waals surface area contributed by atoms with Crippen LogP contribution in [0.15, 0.2) is 24.3 Å². The third-order valence-electron chi connectivity index (χ3n) is 20.2. The van der Waals surface area contributed by atoms with Crippen molar-refractivity contribution in [1.82, 2.24) is 0 Å². The molecular weight excluding hydrogens is 1390 g/mol. The van der Waals surface area contributed by atoms with Crippen molar-refractivity contribution in [3.05, 3.63) is 24.3 Å². The third-order valence-corrected chi connectivity index (χ3v) is 22.1. The van der Waals surface area contributed by atoms with Crippen molar-refractivity contribution >= 4 is 39.5 Å². The summed E-state index contributed by atoms with van der Waals surface area (Å²) in [6.45, 7) is 7.35. The Hall–Kier alpha value is -2.46. The zero-order valence-electron chi connectivity index (χ0n) is 69.8. The second-order valence-corrected chi connectivity index (χ2v) is 34.3. The van der Waals surface area contributed by atoms with E-state index in [1.54, 1.807) is 0 Å². The molecular formula is C88H168O17P2. The van der Waals surface area contributed by atoms with Crippen LogP contribution in [0.5, 0.6) is 0 Å². The highest BCUT2D eigenvalue weighted by Gasteiger charge is 2.30. The fraction of sp³-hybridized carbons (Fsp3) is 0.909. The van der Waals surface area contributed by atoms with E-state index in [0.717, 1.165) is 109 Å². The number of carbonyl (C=O) groups excluding carboxylic acids is 4. The molecule has 0 aromatic rings. The molecule has 632 valence electrons. The third kappa shape index (κ3) is 81.4. The quantitative estimate of drug-likeness (QED) is 0.0169. The number of carbonyl (C=O) groups is 4. The Kier molecular flexibility index (Phi) is 78.3. The van der Waals surface area contributed by atoms with Gasteiger partial charge in [-0.05, 0) is 57.3 Å². The molecule has 0 radical (unpaired) electrons. The second-order valence-electron chi connectivity index (χ2n) is 31.4. The lowest BCUT2D eigenvalue weighted by molar-refractivity contribution is -0.161. The number of phosphoric ester groups is 2. The van der Waals surface area contributed by atoms with Gasteiger partial charge in [0.05, 0.1) is 26.4 Å². The lowest BCUT2D eigenvalue weighted by Gasteiger charge is -2.21. The van der Waals surface area contributed by atoms with Gasteiger partial charge in [-0.3, -0.25) is 37.3 Å². The number of unbranched alkanes of at least 4 members (excludes halogenated alkanes) is 55. The van der Waals surface area contributed by atoms with Crippen LogP contribution in [0.3, 0.4) is 0 Å². The molecule has 3 N–H and O–H groups in total. The summed E-state index contributed by atoms with van der Waals surface area (Å²) in [6.07, 6.45) is 77.1. The smallest absolute Gasteiger partial charge is 0.462 e. The van der Waals surface area contributed by atoms with Gasteiger partial charge < -0.3 is 33.8 Å². The summed E-state index contributed by atoms with van der Waals surface area (Å²) in [7, 11) is -9.94. The molecule has 0 spiro atoms. The van der Waals surface area contributed by atoms with Crippen molar-refractivity contribution in [3.63, 3.8) is 0 Å². The van der Waals surface area contributed by atoms with E-state index in [4.69, 9.17) is 37.0 Å². The molecule has 0 fully saturated rings. The van der Waals surface area contributed by atoms with Gasteiger partial charge in [-0.1, -0.05) is 399 Å². The van der Waals surface area contributed by atoms with Crippen LogP contribution in [-0.4, -0.2) is 96.7 Å². The number of phosphoric acid groups is 2. The van der Waals surface area contributed by atoms with E-state index in [0.29, 0.717) is 25.7 Å². The highest BCUT2D eigenvalue weighted by atomic mass is 31.2. The van der Waals surface area contributed by atoms with Gasteiger partial charge in [0, 0.05) is 25.7 Å². The average Bonchev–Trinajstić information content (AvgIpc) is 0.903. The minimum absolute atomic E-state index is 0.0860. The molecule has 107 heavy (non-hydrogen) atoms. The van der Waals surface area contributed by atoms with Crippen LogP contribution < -0.4 is 0 Å². The molecule has 0 saturated heterocycles. The summed E-state index contributed by atoms with van der Waals surface area (Å²) in [4.78, 5) is 73.3. The molecule has 2 unspecified atom stereocenters. The lowest BCUT2D eigenvalue weighted by atomic mass is 10.0. The predicted molar refractivity (Wildman–Crippen MR) is 441 cm³/mol. The lowest BCUT2D eigenvalue weighted by Crippen LogP contribution is -2.30. The van der Waals surface area contributed by atoms with Crippen LogP contribution in [0.25, 0.3) is 0 Å². The average molecular weight is 1560 g/mol. The molecule has 19 heteroatoms. The topological polar surface area (TPSA) is 237 Å². The van der Waals surface area contributed by atoms with Crippen LogP contribution >= 0.6 is 15.6 Å². The number of aliphatic hydroxyl groups is 1. The number of allylic oxidation sites excluding steroid dienone is 4. The Bertz CT molecular complexity index is 2130. The van der Waals surface area contributed by atoms with Crippen molar-refractivity contribution in [2.75, 3.05) is 39.6 Å². The summed E-state index contributed by atoms with van der Waals surface area (Å²) < 4.78 is 68.9. The Balaban J connectivity index is 5.28. The van der Waals surface area contributed by atoms with E-state index in [-0.39, 0.29) is 25.7 Å². The minimum Gasteiger partial charge on any atom is -0.462 e. The maximum Gasteiger partial charge on any atom is 0.472 e. The number of ether oxygens (including phenoxy) is 4. The molecule has 0 aromatic carbocycles. The Morgan fingerprint density at radius 1 is 0.290 bits per heavy atom. The monoisotopic (exact) mass is 1560 g/mol. The molecule has 0 heterocycles. The summed E-state index contributed by atoms with van der Waals surface area (Å²) in [5.41, 5.74) is 0. The molecule has 17 nitrogen and oxygen atoms in total. The Labute approximate surface area is 656 Å². The molecule has 0 amide bonds. The van der Waals surface area contributed by atoms with Crippen molar-refractivity contribution < 1.29 is 80.2 Å². The fourth-order valence-corrected chi connectivity index (χ4v) is 14.9. The zero-order valence-corrected chi connectivity index (χ0v) is 71.6. The van der Waals surface area contributed by atoms with Crippen molar-refractivity contribution in [2.45, 2.75) is 470 Å². The van der Waals surface area contributed by atoms with Gasteiger partial charge in [0.1, 0.15) is 19.3 Å². The van der Waals surface area contributed by atoms with E-state index < -0.39 is 97.5 Å². The number of aliphatic hydroxyl groups excluding tert-OH is 1. The second kappa shape index (κ2) is 80.2. The summed E-state index contributed by atoms with van der Waals surface area (Å²) >= 11 is 0. The van der Waals surface area contributed by atoms with Gasteiger partial charge in [-0.25, -0.2) is 9.13 Å². The molecule has 0 saturated carbocycles. The van der Waals surface area contributed by atoms with Gasteiger partial charge in [-0.15, -0.1) is 0 Å². The van der Waals surface area contributed by atoms with Gasteiger partial charge in [-0.2, -0.15) is 0 Å². The van der Waals surface area contributed by atoms with E-state index >= 15 is 0 Å². The minimum atomic E-state index is -4.97. The number of hydrogen-bond donors (Lipinski definition) is 3. The zero-order chi connectivity index (χ0) is 78.3. The standard InChI is InChI=1S/C88H168O17P2/c1-6-9-12-15-18-21-24-27-29-30-34-38-42-47-52-57-62-67-72-86(91)99-78-84(105-88(93)74-69-64-59-54-49-44-39-35-32-31-33-37-41-45-50-55-60-65-70-81(4)5)80-103-107(96,97)101-76-82(89)75-100-106(94,95)102-79-83(77-98-85(90)71-66-61-56-51-46-40-26-23-20-17-14-11-8-3)104-87(92)73-68-63-58-53-48-43-36-28-25-22-19-16-13-10-7-2/h22,25,28,36,81-84,89H,6-21,23-24,26-27,29-35,37-80H2,1-5H3,(H,94,95)(H,96,97)/b25-22-,36-28-/t82-,83+,84+/m0/s1. The first-order valence-corrected chi connectivity index (χ1v) is 47.9. The highest BCUT2D eigenvalue weighted by Crippen LogP contribution is 2.45. The first kappa shape index (κ1) is 105. The molecule has 5 atom stereocenters. The summed E-state index contributed by atoms with van der Waals surface area (Å²) in [5, 5.41) is 10.7. The van der Waals surface area contributed by atoms with Crippen LogP contribution in [0.4, 0.5) is 0 Å². The first-order chi connectivity index (χ1) is 52.0. The Morgan fingerprint density at radius 3 is 0.766 bits per heavy atom. The van der Waals surface area contributed by atoms with Gasteiger partial charge in [0.25, 0.3) is 0 Å². The number of hydrogen-bond acceptors (Lipinski definition) is 15. The molecule has 0 aromatic heterocycles. The van der Waals surface area contributed by atoms with Gasteiger partial charge in [0.15, 0.2) is 12.2 Å². The molecule has 0 bridgehead atoms. The van der Waals surface area contributed by atoms with E-state index in [9.17, 15) is 43.2 Å². The van der Waals surface area contributed by atoms with E-state index in [2.05, 4.69) is 58.9 Å². The predicted octanol–water partition coefficient (Wildman–Crippen LogP) is 26.7. The number of esters is 4. The normalized spacial score (nSPS) is 13.9. The van der Waals surface area contributed by atoms with E-state index in [1.807, 2.05) is 0 Å². The van der Waals surface area contributed by atoms with E-state index in [1.165, 1.54) is 263 Å². The largest absolute Gasteiger partial charge is 0.472 e. The van der Waals surface area contributed by atoms with Gasteiger partial charge >= 0.3 is 39.5 Å². The molecule has 0 rings (SSSR count). The maximum absolute atomic E-state index is 13.2. The summed E-state index contributed by atoms with van der Waals surface area (Å²) in [6, 6.07) is 0. The fourth-order valence-electron chi connectivity index (χ4n) is 13.3. The van der Waals surface area contributed by atoms with Crippen molar-refractivity contribution in [1.29, 1.82) is 0 Å². The van der Waals surface area contributed by atoms with Crippen LogP contribution in [-0.2, 0) is 65.4 Å². The van der Waals surface area contributed by atoms with Crippen molar-refractivity contribution in [3.8, 4) is 0 Å². The summed E-state index contributed by atoms with van der Waals surface area (Å²) in [5.74, 6) is -1.31. The SMILES string of the molecule is CCCCCC/C=C\C=C/CCCCCCCC(=O)O[C@H](COC(=O)CCCCCCCCCCCCCCC)COP(=O)(O)OC[C@H](O)COP(=O)(O)OC[C@@H](COC(=O)CCCCCCCCCCCCCCCCCCCC)OC(=O)CCCCCCCCCCCCCCCCCCCCC(C)C. The first-order valence-electron chi connectivity index (χ1n) is 45.0. The highest BCUT2D eigenvalue weighted by molar-refractivity contribution is 7.47. The van der Waals surface area contributed by atoms with Crippen LogP contribution in [0.2, 0.25) is 0 Å². The maximum atomic E-state index is 13.2. The van der Waals surface area contributed by atoms with Crippen molar-refractivity contribution in [2.24, 2.45) is 5.92 Å². The van der Waals surface area contributed by atoms with Crippen LogP contribution in [0.1, 0.15) is 452 Å². The number of rotatable bonds is 86.